The van der Waals surface area contributed by atoms with Crippen molar-refractivity contribution in [2.75, 3.05) is 0 Å². The zero-order valence-electron chi connectivity index (χ0n) is 11.2. The molecule has 0 atom stereocenters. The summed E-state index contributed by atoms with van der Waals surface area (Å²) in [5.74, 6) is 0.560. The van der Waals surface area contributed by atoms with Gasteiger partial charge in [0, 0.05) is 29.1 Å². The van der Waals surface area contributed by atoms with Crippen molar-refractivity contribution in [2.24, 2.45) is 0 Å². The van der Waals surface area contributed by atoms with Crippen LogP contribution in [0, 0.1) is 10.1 Å². The molecular formula is C14H13N3O3S. The highest BCUT2D eigenvalue weighted by Gasteiger charge is 2.18. The van der Waals surface area contributed by atoms with Gasteiger partial charge in [-0.05, 0) is 24.8 Å². The fourth-order valence-electron chi connectivity index (χ4n) is 2.47. The lowest BCUT2D eigenvalue weighted by atomic mass is 10.2. The Labute approximate surface area is 124 Å². The van der Waals surface area contributed by atoms with Crippen LogP contribution in [0.4, 0.5) is 5.69 Å². The van der Waals surface area contributed by atoms with E-state index in [0.29, 0.717) is 5.75 Å². The summed E-state index contributed by atoms with van der Waals surface area (Å²) < 4.78 is 0. The first kappa shape index (κ1) is 13.8. The fourth-order valence-corrected chi connectivity index (χ4v) is 3.50. The average molecular weight is 303 g/mol. The molecule has 21 heavy (non-hydrogen) atoms. The minimum Gasteiger partial charge on any atom is -0.309 e. The maximum absolute atomic E-state index is 11.5. The monoisotopic (exact) mass is 303 g/mol. The number of nitrogens with zero attached hydrogens (tertiary/aromatic N) is 2. The van der Waals surface area contributed by atoms with E-state index in [1.807, 2.05) is 6.07 Å². The van der Waals surface area contributed by atoms with Gasteiger partial charge in [-0.15, -0.1) is 11.8 Å². The van der Waals surface area contributed by atoms with E-state index in [1.165, 1.54) is 17.8 Å². The Hall–Kier alpha value is -2.15. The van der Waals surface area contributed by atoms with Crippen LogP contribution in [0.15, 0.2) is 34.1 Å². The van der Waals surface area contributed by atoms with E-state index < -0.39 is 4.92 Å². The lowest BCUT2D eigenvalue weighted by Gasteiger charge is -2.06. The number of rotatable bonds is 4. The smallest absolute Gasteiger partial charge is 0.309 e. The van der Waals surface area contributed by atoms with Crippen LogP contribution in [0.3, 0.4) is 0 Å². The van der Waals surface area contributed by atoms with Gasteiger partial charge < -0.3 is 4.98 Å². The van der Waals surface area contributed by atoms with Crippen LogP contribution in [0.2, 0.25) is 0 Å². The van der Waals surface area contributed by atoms with Crippen molar-refractivity contribution in [1.82, 2.24) is 9.97 Å². The molecule has 0 bridgehead atoms. The van der Waals surface area contributed by atoms with Gasteiger partial charge in [0.15, 0.2) is 0 Å². The molecule has 6 nitrogen and oxygen atoms in total. The van der Waals surface area contributed by atoms with E-state index in [-0.39, 0.29) is 11.4 Å². The standard InChI is InChI=1S/C14H13N3O3S/c18-14-15-12-6-2-5-11(12)13(16-14)21-8-9-3-1-4-10(7-9)17(19)20/h1,3-4,7H,2,5-6,8H2,(H,15,16,18). The quantitative estimate of drug-likeness (QED) is 0.405. The van der Waals surface area contributed by atoms with Crippen LogP contribution >= 0.6 is 11.8 Å². The first-order valence-corrected chi connectivity index (χ1v) is 7.60. The molecule has 0 unspecified atom stereocenters. The molecule has 0 aliphatic heterocycles. The molecule has 0 amide bonds. The summed E-state index contributed by atoms with van der Waals surface area (Å²) in [6.07, 6.45) is 2.84. The first-order valence-electron chi connectivity index (χ1n) is 6.61. The molecular weight excluding hydrogens is 290 g/mol. The van der Waals surface area contributed by atoms with E-state index in [0.717, 1.165) is 41.1 Å². The van der Waals surface area contributed by atoms with Gasteiger partial charge in [-0.3, -0.25) is 10.1 Å². The van der Waals surface area contributed by atoms with E-state index in [4.69, 9.17) is 0 Å². The number of H-pyrrole nitrogens is 1. The highest BCUT2D eigenvalue weighted by molar-refractivity contribution is 7.98. The number of fused-ring (bicyclic) bond motifs is 1. The largest absolute Gasteiger partial charge is 0.346 e. The molecule has 108 valence electrons. The van der Waals surface area contributed by atoms with Gasteiger partial charge in [-0.2, -0.15) is 4.98 Å². The Kier molecular flexibility index (Phi) is 3.74. The third-order valence-corrected chi connectivity index (χ3v) is 4.52. The Morgan fingerprint density at radius 1 is 1.38 bits per heavy atom. The number of non-ortho nitro benzene ring substituents is 1. The zero-order valence-corrected chi connectivity index (χ0v) is 12.0. The van der Waals surface area contributed by atoms with Crippen LogP contribution in [0.1, 0.15) is 23.2 Å². The second-order valence-corrected chi connectivity index (χ2v) is 5.84. The molecule has 3 rings (SSSR count). The molecule has 0 radical (unpaired) electrons. The molecule has 1 aliphatic carbocycles. The lowest BCUT2D eigenvalue weighted by Crippen LogP contribution is -2.14. The predicted octanol–water partition coefficient (Wildman–Crippen LogP) is 2.46. The minimum atomic E-state index is -0.405. The van der Waals surface area contributed by atoms with Gasteiger partial charge >= 0.3 is 5.69 Å². The van der Waals surface area contributed by atoms with Gasteiger partial charge in [-0.1, -0.05) is 12.1 Å². The maximum Gasteiger partial charge on any atom is 0.346 e. The summed E-state index contributed by atoms with van der Waals surface area (Å²) in [6, 6.07) is 6.54. The summed E-state index contributed by atoms with van der Waals surface area (Å²) >= 11 is 1.46. The van der Waals surface area contributed by atoms with Crippen molar-refractivity contribution in [3.05, 3.63) is 61.7 Å². The minimum absolute atomic E-state index is 0.0807. The van der Waals surface area contributed by atoms with E-state index >= 15 is 0 Å². The molecule has 0 fully saturated rings. The SMILES string of the molecule is O=c1nc(SCc2cccc([N+](=O)[O-])c2)c2c([nH]1)CCC2. The summed E-state index contributed by atoms with van der Waals surface area (Å²) in [5.41, 5.74) is 2.71. The number of nitro benzene ring substituents is 1. The fraction of sp³-hybridized carbons (Fsp3) is 0.286. The molecule has 1 aromatic carbocycles. The molecule has 0 spiro atoms. The third kappa shape index (κ3) is 2.97. The third-order valence-electron chi connectivity index (χ3n) is 3.43. The van der Waals surface area contributed by atoms with E-state index in [1.54, 1.807) is 12.1 Å². The van der Waals surface area contributed by atoms with Crippen molar-refractivity contribution in [2.45, 2.75) is 30.0 Å². The van der Waals surface area contributed by atoms with Gasteiger partial charge in [0.25, 0.3) is 5.69 Å². The number of nitrogens with one attached hydrogen (secondary N) is 1. The number of aromatic amines is 1. The van der Waals surface area contributed by atoms with Crippen LogP contribution in [-0.2, 0) is 18.6 Å². The number of nitro groups is 1. The summed E-state index contributed by atoms with van der Waals surface area (Å²) in [4.78, 5) is 28.7. The van der Waals surface area contributed by atoms with Crippen molar-refractivity contribution in [1.29, 1.82) is 0 Å². The second kappa shape index (κ2) is 5.69. The Morgan fingerprint density at radius 2 is 2.24 bits per heavy atom. The number of benzene rings is 1. The van der Waals surface area contributed by atoms with E-state index in [2.05, 4.69) is 9.97 Å². The van der Waals surface area contributed by atoms with Gasteiger partial charge in [0.1, 0.15) is 5.03 Å². The Balaban J connectivity index is 1.81. The Bertz CT molecular complexity index is 757. The molecule has 0 saturated carbocycles. The number of hydrogen-bond donors (Lipinski definition) is 1. The predicted molar refractivity (Wildman–Crippen MR) is 79.5 cm³/mol. The zero-order chi connectivity index (χ0) is 14.8. The van der Waals surface area contributed by atoms with Crippen molar-refractivity contribution in [3.8, 4) is 0 Å². The highest BCUT2D eigenvalue weighted by Crippen LogP contribution is 2.30. The first-order chi connectivity index (χ1) is 10.1. The van der Waals surface area contributed by atoms with Gasteiger partial charge in [0.2, 0.25) is 0 Å². The van der Waals surface area contributed by atoms with Crippen molar-refractivity contribution >= 4 is 17.4 Å². The summed E-state index contributed by atoms with van der Waals surface area (Å²) in [5, 5.41) is 11.5. The maximum atomic E-state index is 11.5. The number of aromatic nitrogens is 2. The molecule has 2 aromatic rings. The van der Waals surface area contributed by atoms with Crippen molar-refractivity contribution < 1.29 is 4.92 Å². The summed E-state index contributed by atoms with van der Waals surface area (Å²) in [7, 11) is 0. The average Bonchev–Trinajstić information content (AvgIpc) is 2.93. The molecule has 1 N–H and O–H groups in total. The van der Waals surface area contributed by atoms with Gasteiger partial charge in [0.05, 0.1) is 4.92 Å². The topological polar surface area (TPSA) is 88.9 Å². The van der Waals surface area contributed by atoms with Crippen LogP contribution in [0.25, 0.3) is 0 Å². The van der Waals surface area contributed by atoms with Crippen molar-refractivity contribution in [3.63, 3.8) is 0 Å². The normalized spacial score (nSPS) is 13.1. The van der Waals surface area contributed by atoms with Gasteiger partial charge in [-0.25, -0.2) is 4.79 Å². The number of hydrogen-bond acceptors (Lipinski definition) is 5. The molecule has 1 aliphatic rings. The Morgan fingerprint density at radius 3 is 3.05 bits per heavy atom. The molecule has 7 heteroatoms. The van der Waals surface area contributed by atoms with Crippen LogP contribution < -0.4 is 5.69 Å². The number of aryl methyl sites for hydroxylation is 1. The summed E-state index contributed by atoms with van der Waals surface area (Å²) in [6.45, 7) is 0. The highest BCUT2D eigenvalue weighted by atomic mass is 32.2. The number of thioether (sulfide) groups is 1. The second-order valence-electron chi connectivity index (χ2n) is 4.87. The van der Waals surface area contributed by atoms with E-state index in [9.17, 15) is 14.9 Å². The molecule has 0 saturated heterocycles. The van der Waals surface area contributed by atoms with Crippen LogP contribution in [0.5, 0.6) is 0 Å². The van der Waals surface area contributed by atoms with Crippen LogP contribution in [-0.4, -0.2) is 14.9 Å². The molecule has 1 heterocycles. The lowest BCUT2D eigenvalue weighted by molar-refractivity contribution is -0.384. The molecule has 1 aromatic heterocycles.